The second-order valence-electron chi connectivity index (χ2n) is 12.1. The summed E-state index contributed by atoms with van der Waals surface area (Å²) in [5, 5.41) is 3.18. The maximum atomic E-state index is 13.5. The molecule has 1 aliphatic rings. The number of anilines is 1. The summed E-state index contributed by atoms with van der Waals surface area (Å²) in [7, 11) is 0. The number of halogens is 3. The molecule has 0 aromatic heterocycles. The summed E-state index contributed by atoms with van der Waals surface area (Å²) >= 11 is 0. The molecule has 47 heavy (non-hydrogen) atoms. The fourth-order valence-electron chi connectivity index (χ4n) is 6.82. The number of piperidine rings is 1. The Morgan fingerprint density at radius 2 is 1.45 bits per heavy atom. The number of carbonyl (C=O) groups is 2. The van der Waals surface area contributed by atoms with E-state index in [4.69, 9.17) is 4.74 Å². The first-order valence-corrected chi connectivity index (χ1v) is 16.3. The fourth-order valence-corrected chi connectivity index (χ4v) is 6.82. The Hall–Kier alpha value is -4.59. The van der Waals surface area contributed by atoms with Gasteiger partial charge in [-0.15, -0.1) is 0 Å². The highest BCUT2D eigenvalue weighted by Gasteiger charge is 2.39. The van der Waals surface area contributed by atoms with Gasteiger partial charge in [-0.1, -0.05) is 92.2 Å². The van der Waals surface area contributed by atoms with E-state index in [1.54, 1.807) is 24.3 Å². The average Bonchev–Trinajstić information content (AvgIpc) is 3.08. The second-order valence-corrected chi connectivity index (χ2v) is 12.1. The molecular weight excluding hydrogens is 601 g/mol. The number of amides is 1. The summed E-state index contributed by atoms with van der Waals surface area (Å²) in [6.45, 7) is 5.70. The van der Waals surface area contributed by atoms with Crippen molar-refractivity contribution in [3.05, 3.63) is 125 Å². The molecule has 0 saturated carbocycles. The first-order chi connectivity index (χ1) is 22.7. The minimum Gasteiger partial charge on any atom is -0.466 e. The molecule has 1 aliphatic heterocycles. The van der Waals surface area contributed by atoms with Crippen molar-refractivity contribution in [3.63, 3.8) is 0 Å². The molecule has 4 aromatic carbocycles. The van der Waals surface area contributed by atoms with Gasteiger partial charge in [0.05, 0.1) is 18.6 Å². The van der Waals surface area contributed by atoms with E-state index in [9.17, 15) is 22.8 Å². The number of nitrogens with one attached hydrogen (secondary N) is 1. The number of ether oxygens (including phenoxy) is 1. The molecular formula is C39H41F3N2O3. The van der Waals surface area contributed by atoms with Crippen LogP contribution in [0.1, 0.15) is 73.0 Å². The van der Waals surface area contributed by atoms with Crippen LogP contribution in [0.3, 0.4) is 0 Å². The van der Waals surface area contributed by atoms with Crippen LogP contribution in [0.5, 0.6) is 0 Å². The average molecular weight is 643 g/mol. The molecule has 1 atom stereocenters. The van der Waals surface area contributed by atoms with Crippen LogP contribution in [0, 0.1) is 0 Å². The smallest absolute Gasteiger partial charge is 0.416 e. The van der Waals surface area contributed by atoms with Gasteiger partial charge in [0.1, 0.15) is 0 Å². The molecule has 1 unspecified atom stereocenters. The summed E-state index contributed by atoms with van der Waals surface area (Å²) in [4.78, 5) is 28.9. The van der Waals surface area contributed by atoms with Gasteiger partial charge in [-0.2, -0.15) is 13.2 Å². The Morgan fingerprint density at radius 3 is 2.11 bits per heavy atom. The number of carbonyl (C=O) groups excluding carboxylic acids is 2. The van der Waals surface area contributed by atoms with Gasteiger partial charge in [0, 0.05) is 35.8 Å². The van der Waals surface area contributed by atoms with E-state index in [1.807, 2.05) is 37.3 Å². The predicted octanol–water partition coefficient (Wildman–Crippen LogP) is 8.81. The molecule has 4 aromatic rings. The monoisotopic (exact) mass is 642 g/mol. The zero-order valence-corrected chi connectivity index (χ0v) is 26.9. The lowest BCUT2D eigenvalue weighted by atomic mass is 9.68. The molecule has 0 spiro atoms. The van der Waals surface area contributed by atoms with E-state index in [-0.39, 0.29) is 24.3 Å². The number of esters is 1. The van der Waals surface area contributed by atoms with E-state index >= 15 is 0 Å². The number of rotatable bonds is 11. The van der Waals surface area contributed by atoms with Gasteiger partial charge in [-0.3, -0.25) is 9.59 Å². The zero-order chi connectivity index (χ0) is 33.4. The minimum atomic E-state index is -4.43. The Labute approximate surface area is 274 Å². The zero-order valence-electron chi connectivity index (χ0n) is 26.9. The summed E-state index contributed by atoms with van der Waals surface area (Å²) < 4.78 is 44.8. The van der Waals surface area contributed by atoms with Crippen LogP contribution in [0.4, 0.5) is 18.9 Å². The third-order valence-electron chi connectivity index (χ3n) is 9.04. The number of nitrogens with zero attached hydrogens (tertiary/aromatic N) is 1. The van der Waals surface area contributed by atoms with Gasteiger partial charge < -0.3 is 15.0 Å². The third-order valence-corrected chi connectivity index (χ3v) is 9.04. The summed E-state index contributed by atoms with van der Waals surface area (Å²) in [5.41, 5.74) is 3.51. The number of para-hydroxylation sites is 1. The highest BCUT2D eigenvalue weighted by Crippen LogP contribution is 2.45. The largest absolute Gasteiger partial charge is 0.466 e. The molecule has 1 amide bonds. The molecule has 0 radical (unpaired) electrons. The molecule has 5 nitrogen and oxygen atoms in total. The van der Waals surface area contributed by atoms with Crippen LogP contribution in [0.25, 0.3) is 11.1 Å². The summed E-state index contributed by atoms with van der Waals surface area (Å²) in [5.74, 6) is -0.475. The van der Waals surface area contributed by atoms with Crippen LogP contribution >= 0.6 is 0 Å². The topological polar surface area (TPSA) is 58.6 Å². The van der Waals surface area contributed by atoms with E-state index in [0.29, 0.717) is 49.2 Å². The molecule has 1 saturated heterocycles. The van der Waals surface area contributed by atoms with Gasteiger partial charge in [0.25, 0.3) is 5.91 Å². The maximum Gasteiger partial charge on any atom is 0.416 e. The van der Waals surface area contributed by atoms with Gasteiger partial charge in [-0.25, -0.2) is 0 Å². The normalized spacial score (nSPS) is 15.1. The molecule has 5 rings (SSSR count). The van der Waals surface area contributed by atoms with E-state index in [0.717, 1.165) is 41.8 Å². The molecule has 0 aliphatic carbocycles. The number of benzene rings is 4. The van der Waals surface area contributed by atoms with Crippen LogP contribution in [0.2, 0.25) is 0 Å². The molecule has 8 heteroatoms. The molecule has 246 valence electrons. The summed E-state index contributed by atoms with van der Waals surface area (Å²) in [6, 6.07) is 30.3. The van der Waals surface area contributed by atoms with Crippen LogP contribution in [-0.4, -0.2) is 37.6 Å². The SMILES string of the molecule is CCCC(CC(=O)OCC)(c1ccccc1)c1ccccc1N1CCC(NC(=O)c2ccccc2-c2ccc(C(F)(F)F)cc2)CC1. The van der Waals surface area contributed by atoms with Gasteiger partial charge in [-0.05, 0) is 72.7 Å². The lowest BCUT2D eigenvalue weighted by Gasteiger charge is -2.40. The molecule has 0 bridgehead atoms. The van der Waals surface area contributed by atoms with Crippen molar-refractivity contribution < 1.29 is 27.5 Å². The fraction of sp³-hybridized carbons (Fsp3) is 0.333. The number of hydrogen-bond acceptors (Lipinski definition) is 4. The maximum absolute atomic E-state index is 13.5. The third kappa shape index (κ3) is 7.70. The first kappa shape index (κ1) is 33.8. The number of alkyl halides is 3. The van der Waals surface area contributed by atoms with Crippen molar-refractivity contribution in [1.82, 2.24) is 5.32 Å². The van der Waals surface area contributed by atoms with Crippen LogP contribution < -0.4 is 10.2 Å². The Bertz CT molecular complexity index is 1650. The molecule has 1 N–H and O–H groups in total. The van der Waals surface area contributed by atoms with E-state index in [1.165, 1.54) is 12.1 Å². The Balaban J connectivity index is 1.35. The van der Waals surface area contributed by atoms with Crippen molar-refractivity contribution in [2.24, 2.45) is 0 Å². The summed E-state index contributed by atoms with van der Waals surface area (Å²) in [6.07, 6.45) is -1.10. The van der Waals surface area contributed by atoms with Crippen LogP contribution in [0.15, 0.2) is 103 Å². The first-order valence-electron chi connectivity index (χ1n) is 16.3. The quantitative estimate of drug-likeness (QED) is 0.166. The van der Waals surface area contributed by atoms with Gasteiger partial charge in [0.2, 0.25) is 0 Å². The van der Waals surface area contributed by atoms with Crippen molar-refractivity contribution in [2.45, 2.75) is 63.6 Å². The van der Waals surface area contributed by atoms with Crippen LogP contribution in [-0.2, 0) is 21.1 Å². The highest BCUT2D eigenvalue weighted by atomic mass is 19.4. The number of hydrogen-bond donors (Lipinski definition) is 1. The second kappa shape index (κ2) is 14.9. The Kier molecular flexibility index (Phi) is 10.7. The minimum absolute atomic E-state index is 0.0689. The lowest BCUT2D eigenvalue weighted by Crippen LogP contribution is -2.45. The lowest BCUT2D eigenvalue weighted by molar-refractivity contribution is -0.144. The predicted molar refractivity (Wildman–Crippen MR) is 179 cm³/mol. The molecule has 1 fully saturated rings. The van der Waals surface area contributed by atoms with Crippen molar-refractivity contribution in [2.75, 3.05) is 24.6 Å². The van der Waals surface area contributed by atoms with Crippen molar-refractivity contribution in [1.29, 1.82) is 0 Å². The van der Waals surface area contributed by atoms with Gasteiger partial charge >= 0.3 is 12.1 Å². The van der Waals surface area contributed by atoms with Gasteiger partial charge in [0.15, 0.2) is 0 Å². The highest BCUT2D eigenvalue weighted by molar-refractivity contribution is 6.01. The van der Waals surface area contributed by atoms with E-state index in [2.05, 4.69) is 41.4 Å². The standard InChI is InChI=1S/C39H41F3N2O3/c1-3-24-38(27-36(45)47-4-2,29-12-6-5-7-13-29)34-16-10-11-17-35(34)44-25-22-31(23-26-44)43-37(46)33-15-9-8-14-32(33)28-18-20-30(21-19-28)39(40,41)42/h5-21,31H,3-4,22-27H2,1-2H3,(H,43,46). The van der Waals surface area contributed by atoms with Crippen molar-refractivity contribution in [3.8, 4) is 11.1 Å². The Morgan fingerprint density at radius 1 is 0.809 bits per heavy atom. The van der Waals surface area contributed by atoms with E-state index < -0.39 is 17.2 Å². The molecule has 1 heterocycles. The van der Waals surface area contributed by atoms with Crippen molar-refractivity contribution >= 4 is 17.6 Å².